The molecule has 136 valence electrons. The highest BCUT2D eigenvalue weighted by Crippen LogP contribution is 2.29. The highest BCUT2D eigenvalue weighted by molar-refractivity contribution is 5.96. The van der Waals surface area contributed by atoms with E-state index in [1.54, 1.807) is 0 Å². The molecule has 0 spiro atoms. The number of carbonyl (C=O) groups is 1. The van der Waals surface area contributed by atoms with Crippen LogP contribution in [0.15, 0.2) is 24.3 Å². The summed E-state index contributed by atoms with van der Waals surface area (Å²) in [6, 6.07) is 8.67. The van der Waals surface area contributed by atoms with Crippen molar-refractivity contribution in [2.45, 2.75) is 45.1 Å². The Morgan fingerprint density at radius 3 is 2.58 bits per heavy atom. The molecule has 0 radical (unpaired) electrons. The van der Waals surface area contributed by atoms with Crippen molar-refractivity contribution in [2.75, 3.05) is 29.9 Å². The number of nitrogens with zero attached hydrogens (tertiary/aromatic N) is 1. The third-order valence-corrected chi connectivity index (χ3v) is 4.85. The van der Waals surface area contributed by atoms with Crippen LogP contribution in [0.4, 0.5) is 11.4 Å². The van der Waals surface area contributed by atoms with E-state index < -0.39 is 0 Å². The Morgan fingerprint density at radius 1 is 1.17 bits per heavy atom. The summed E-state index contributed by atoms with van der Waals surface area (Å²) in [7, 11) is 0. The van der Waals surface area contributed by atoms with Gasteiger partial charge in [-0.2, -0.15) is 0 Å². The number of para-hydroxylation sites is 2. The molecule has 2 aliphatic heterocycles. The van der Waals surface area contributed by atoms with Gasteiger partial charge < -0.3 is 15.5 Å². The van der Waals surface area contributed by atoms with Gasteiger partial charge in [-0.25, -0.2) is 0 Å². The molecule has 2 atom stereocenters. The third-order valence-electron chi connectivity index (χ3n) is 4.85. The zero-order chi connectivity index (χ0) is 15.4. The molecule has 2 N–H and O–H groups in total. The first-order valence-corrected chi connectivity index (χ1v) is 8.62. The first-order chi connectivity index (χ1) is 10.7. The molecule has 2 fully saturated rings. The van der Waals surface area contributed by atoms with Crippen LogP contribution in [0.1, 0.15) is 39.0 Å². The normalized spacial score (nSPS) is 23.6. The maximum Gasteiger partial charge on any atom is 0.227 e. The smallest absolute Gasteiger partial charge is 0.227 e. The number of benzene rings is 1. The fraction of sp³-hybridized carbons (Fsp3) is 0.611. The van der Waals surface area contributed by atoms with Crippen molar-refractivity contribution < 1.29 is 4.79 Å². The number of anilines is 2. The second-order valence-corrected chi connectivity index (χ2v) is 6.63. The van der Waals surface area contributed by atoms with Crippen molar-refractivity contribution in [3.8, 4) is 0 Å². The zero-order valence-corrected chi connectivity index (χ0v) is 15.9. The first kappa shape index (κ1) is 21.1. The number of nitrogens with one attached hydrogen (secondary N) is 2. The Balaban J connectivity index is 0.00000144. The molecule has 0 aliphatic carbocycles. The van der Waals surface area contributed by atoms with E-state index in [0.29, 0.717) is 6.04 Å². The van der Waals surface area contributed by atoms with Gasteiger partial charge in [-0.15, -0.1) is 24.8 Å². The van der Waals surface area contributed by atoms with Gasteiger partial charge in [0.25, 0.3) is 0 Å². The van der Waals surface area contributed by atoms with Crippen molar-refractivity contribution in [1.29, 1.82) is 0 Å². The lowest BCUT2D eigenvalue weighted by molar-refractivity contribution is -0.120. The topological polar surface area (TPSA) is 44.4 Å². The quantitative estimate of drug-likeness (QED) is 0.845. The molecular formula is C18H29Cl2N3O. The van der Waals surface area contributed by atoms with Crippen LogP contribution in [-0.2, 0) is 4.79 Å². The summed E-state index contributed by atoms with van der Waals surface area (Å²) in [4.78, 5) is 15.0. The largest absolute Gasteiger partial charge is 0.370 e. The summed E-state index contributed by atoms with van der Waals surface area (Å²) >= 11 is 0. The highest BCUT2D eigenvalue weighted by atomic mass is 35.5. The Bertz CT molecular complexity index is 521. The van der Waals surface area contributed by atoms with Gasteiger partial charge >= 0.3 is 0 Å². The molecule has 0 aromatic heterocycles. The van der Waals surface area contributed by atoms with Crippen LogP contribution in [0.5, 0.6) is 0 Å². The molecule has 1 aromatic carbocycles. The van der Waals surface area contributed by atoms with Crippen molar-refractivity contribution in [3.05, 3.63) is 24.3 Å². The Hall–Kier alpha value is -0.970. The minimum atomic E-state index is 0. The minimum Gasteiger partial charge on any atom is -0.370 e. The SMILES string of the molecule is C[C@H]1C[C@@H](C(=O)Nc2ccccc2N2CCCCC2)CCN1.Cl.Cl. The van der Waals surface area contributed by atoms with Crippen LogP contribution >= 0.6 is 24.8 Å². The van der Waals surface area contributed by atoms with E-state index in [2.05, 4.69) is 34.6 Å². The predicted molar refractivity (Wildman–Crippen MR) is 106 cm³/mol. The Kier molecular flexibility index (Phi) is 8.88. The molecule has 2 aliphatic rings. The van der Waals surface area contributed by atoms with E-state index in [9.17, 15) is 4.79 Å². The van der Waals surface area contributed by atoms with E-state index in [0.717, 1.165) is 38.2 Å². The first-order valence-electron chi connectivity index (χ1n) is 8.62. The summed E-state index contributed by atoms with van der Waals surface area (Å²) in [6.07, 6.45) is 5.67. The maximum absolute atomic E-state index is 12.6. The molecule has 0 saturated carbocycles. The van der Waals surface area contributed by atoms with E-state index >= 15 is 0 Å². The summed E-state index contributed by atoms with van der Waals surface area (Å²) in [5.74, 6) is 0.309. The standard InChI is InChI=1S/C18H27N3O.2ClH/c1-14-13-15(9-10-19-14)18(22)20-16-7-3-4-8-17(16)21-11-5-2-6-12-21;;/h3-4,7-8,14-15,19H,2,5-6,9-13H2,1H3,(H,20,22);2*1H/t14-,15-;;/m0../s1. The Labute approximate surface area is 157 Å². The van der Waals surface area contributed by atoms with E-state index in [1.165, 1.54) is 24.9 Å². The van der Waals surface area contributed by atoms with Gasteiger partial charge in [-0.1, -0.05) is 12.1 Å². The summed E-state index contributed by atoms with van der Waals surface area (Å²) in [6.45, 7) is 5.28. The molecule has 24 heavy (non-hydrogen) atoms. The van der Waals surface area contributed by atoms with Crippen LogP contribution in [0.25, 0.3) is 0 Å². The van der Waals surface area contributed by atoms with Gasteiger partial charge in [-0.05, 0) is 57.7 Å². The van der Waals surface area contributed by atoms with Gasteiger partial charge in [0.05, 0.1) is 11.4 Å². The van der Waals surface area contributed by atoms with E-state index in [1.807, 2.05) is 12.1 Å². The maximum atomic E-state index is 12.6. The lowest BCUT2D eigenvalue weighted by Crippen LogP contribution is -2.40. The lowest BCUT2D eigenvalue weighted by Gasteiger charge is -2.31. The highest BCUT2D eigenvalue weighted by Gasteiger charge is 2.25. The van der Waals surface area contributed by atoms with Gasteiger partial charge in [0.2, 0.25) is 5.91 Å². The van der Waals surface area contributed by atoms with Crippen LogP contribution in [0.2, 0.25) is 0 Å². The van der Waals surface area contributed by atoms with Crippen LogP contribution in [0, 0.1) is 5.92 Å². The molecule has 0 unspecified atom stereocenters. The number of hydrogen-bond donors (Lipinski definition) is 2. The molecule has 2 saturated heterocycles. The monoisotopic (exact) mass is 373 g/mol. The second-order valence-electron chi connectivity index (χ2n) is 6.63. The van der Waals surface area contributed by atoms with Crippen molar-refractivity contribution in [1.82, 2.24) is 5.32 Å². The van der Waals surface area contributed by atoms with E-state index in [-0.39, 0.29) is 36.6 Å². The fourth-order valence-corrected chi connectivity index (χ4v) is 3.59. The van der Waals surface area contributed by atoms with Crippen LogP contribution in [-0.4, -0.2) is 31.6 Å². The lowest BCUT2D eigenvalue weighted by atomic mass is 9.92. The van der Waals surface area contributed by atoms with Crippen LogP contribution in [0.3, 0.4) is 0 Å². The number of amides is 1. The number of rotatable bonds is 3. The van der Waals surface area contributed by atoms with Gasteiger partial charge in [0.15, 0.2) is 0 Å². The molecule has 4 nitrogen and oxygen atoms in total. The number of piperidine rings is 2. The van der Waals surface area contributed by atoms with Gasteiger partial charge in [0.1, 0.15) is 0 Å². The summed E-state index contributed by atoms with van der Waals surface area (Å²) in [5.41, 5.74) is 2.15. The minimum absolute atomic E-state index is 0. The number of carbonyl (C=O) groups excluding carboxylic acids is 1. The molecule has 1 aromatic rings. The van der Waals surface area contributed by atoms with Gasteiger partial charge in [-0.3, -0.25) is 4.79 Å². The number of halogens is 2. The number of hydrogen-bond acceptors (Lipinski definition) is 3. The predicted octanol–water partition coefficient (Wildman–Crippen LogP) is 3.85. The Morgan fingerprint density at radius 2 is 1.88 bits per heavy atom. The third kappa shape index (κ3) is 5.27. The summed E-state index contributed by atoms with van der Waals surface area (Å²) < 4.78 is 0. The van der Waals surface area contributed by atoms with Crippen LogP contribution < -0.4 is 15.5 Å². The van der Waals surface area contributed by atoms with Crippen molar-refractivity contribution >= 4 is 42.1 Å². The molecule has 1 amide bonds. The molecule has 0 bridgehead atoms. The summed E-state index contributed by atoms with van der Waals surface area (Å²) in [5, 5.41) is 6.60. The molecule has 2 heterocycles. The zero-order valence-electron chi connectivity index (χ0n) is 14.3. The fourth-order valence-electron chi connectivity index (χ4n) is 3.59. The van der Waals surface area contributed by atoms with E-state index in [4.69, 9.17) is 0 Å². The molecule has 6 heteroatoms. The molecular weight excluding hydrogens is 345 g/mol. The molecule has 3 rings (SSSR count). The van der Waals surface area contributed by atoms with Crippen molar-refractivity contribution in [2.24, 2.45) is 5.92 Å². The average Bonchev–Trinajstić information content (AvgIpc) is 2.56. The van der Waals surface area contributed by atoms with Crippen molar-refractivity contribution in [3.63, 3.8) is 0 Å². The average molecular weight is 374 g/mol. The second kappa shape index (κ2) is 10.1. The van der Waals surface area contributed by atoms with Gasteiger partial charge in [0, 0.05) is 25.0 Å².